The molecule has 27 heavy (non-hydrogen) atoms. The van der Waals surface area contributed by atoms with Gasteiger partial charge in [-0.1, -0.05) is 30.3 Å². The number of aliphatic hydroxyl groups excluding tert-OH is 1. The molecule has 150 valence electrons. The van der Waals surface area contributed by atoms with Crippen molar-refractivity contribution >= 4 is 5.91 Å². The van der Waals surface area contributed by atoms with Gasteiger partial charge in [0.25, 0.3) is 0 Å². The van der Waals surface area contributed by atoms with E-state index in [1.807, 2.05) is 11.0 Å². The van der Waals surface area contributed by atoms with E-state index in [1.165, 1.54) is 12.0 Å². The normalized spacial score (nSPS) is 24.9. The number of aliphatic hydroxyl groups is 1. The molecule has 2 atom stereocenters. The molecule has 1 aromatic rings. The Morgan fingerprint density at radius 2 is 1.85 bits per heavy atom. The molecule has 0 unspecified atom stereocenters. The second-order valence-corrected chi connectivity index (χ2v) is 8.30. The molecule has 5 heteroatoms. The van der Waals surface area contributed by atoms with Crippen LogP contribution in [-0.4, -0.2) is 85.2 Å². The van der Waals surface area contributed by atoms with Crippen LogP contribution in [-0.2, 0) is 11.2 Å². The highest BCUT2D eigenvalue weighted by Gasteiger charge is 2.35. The summed E-state index contributed by atoms with van der Waals surface area (Å²) in [6.45, 7) is 7.22. The number of rotatable bonds is 7. The van der Waals surface area contributed by atoms with Crippen molar-refractivity contribution in [2.75, 3.05) is 59.5 Å². The van der Waals surface area contributed by atoms with Crippen LogP contribution in [0, 0.1) is 11.8 Å². The summed E-state index contributed by atoms with van der Waals surface area (Å²) >= 11 is 0. The Morgan fingerprint density at radius 1 is 1.07 bits per heavy atom. The quantitative estimate of drug-likeness (QED) is 0.791. The molecule has 2 saturated heterocycles. The highest BCUT2D eigenvalue weighted by Crippen LogP contribution is 2.25. The van der Waals surface area contributed by atoms with E-state index in [0.29, 0.717) is 12.3 Å². The molecule has 0 bridgehead atoms. The molecule has 2 aliphatic heterocycles. The number of carbonyl (C=O) groups is 1. The lowest BCUT2D eigenvalue weighted by atomic mass is 9.96. The topological polar surface area (TPSA) is 47.0 Å². The molecule has 2 fully saturated rings. The van der Waals surface area contributed by atoms with Crippen molar-refractivity contribution in [1.82, 2.24) is 14.7 Å². The molecule has 1 N–H and O–H groups in total. The molecule has 1 amide bonds. The first-order valence-electron chi connectivity index (χ1n) is 10.5. The van der Waals surface area contributed by atoms with Crippen molar-refractivity contribution in [2.24, 2.45) is 11.8 Å². The van der Waals surface area contributed by atoms with Gasteiger partial charge in [-0.15, -0.1) is 0 Å². The lowest BCUT2D eigenvalue weighted by Gasteiger charge is -2.26. The Morgan fingerprint density at radius 3 is 2.63 bits per heavy atom. The third-order valence-electron chi connectivity index (χ3n) is 6.17. The fourth-order valence-electron chi connectivity index (χ4n) is 4.42. The van der Waals surface area contributed by atoms with Crippen LogP contribution in [0.5, 0.6) is 0 Å². The van der Waals surface area contributed by atoms with Gasteiger partial charge in [0.15, 0.2) is 0 Å². The second kappa shape index (κ2) is 10.2. The average molecular weight is 374 g/mol. The maximum Gasteiger partial charge on any atom is 0.222 e. The monoisotopic (exact) mass is 373 g/mol. The maximum atomic E-state index is 12.7. The zero-order chi connectivity index (χ0) is 19.1. The fraction of sp³-hybridized carbons (Fsp3) is 0.682. The number of nitrogens with zero attached hydrogens (tertiary/aromatic N) is 3. The number of benzene rings is 1. The third kappa shape index (κ3) is 6.03. The Hall–Kier alpha value is -1.43. The summed E-state index contributed by atoms with van der Waals surface area (Å²) in [5.74, 6) is 0.878. The number of amides is 1. The van der Waals surface area contributed by atoms with Crippen LogP contribution in [0.2, 0.25) is 0 Å². The predicted octanol–water partition coefficient (Wildman–Crippen LogP) is 1.71. The molecule has 1 aromatic carbocycles. The van der Waals surface area contributed by atoms with Gasteiger partial charge in [0.1, 0.15) is 0 Å². The van der Waals surface area contributed by atoms with E-state index in [4.69, 9.17) is 0 Å². The first-order valence-corrected chi connectivity index (χ1v) is 10.5. The van der Waals surface area contributed by atoms with Crippen LogP contribution in [0.25, 0.3) is 0 Å². The maximum absolute atomic E-state index is 12.7. The van der Waals surface area contributed by atoms with Gasteiger partial charge in [-0.3, -0.25) is 4.79 Å². The van der Waals surface area contributed by atoms with Crippen molar-refractivity contribution in [1.29, 1.82) is 0 Å². The SMILES string of the molecule is CN1CCCN(C[C@@H]2CN(C(=O)CCCc3ccccc3)C[C@@H]2CO)CC1. The fourth-order valence-corrected chi connectivity index (χ4v) is 4.42. The van der Waals surface area contributed by atoms with Crippen LogP contribution in [0.15, 0.2) is 30.3 Å². The summed E-state index contributed by atoms with van der Waals surface area (Å²) in [7, 11) is 2.19. The Labute approximate surface area is 163 Å². The zero-order valence-corrected chi connectivity index (χ0v) is 16.7. The number of likely N-dealkylation sites (tertiary alicyclic amines) is 1. The highest BCUT2D eigenvalue weighted by atomic mass is 16.3. The second-order valence-electron chi connectivity index (χ2n) is 8.30. The van der Waals surface area contributed by atoms with Gasteiger partial charge in [0, 0.05) is 51.7 Å². The smallest absolute Gasteiger partial charge is 0.222 e. The minimum atomic E-state index is 0.187. The van der Waals surface area contributed by atoms with Crippen LogP contribution in [0.1, 0.15) is 24.8 Å². The Balaban J connectivity index is 1.45. The van der Waals surface area contributed by atoms with Gasteiger partial charge in [-0.2, -0.15) is 0 Å². The lowest BCUT2D eigenvalue weighted by molar-refractivity contribution is -0.130. The molecule has 2 aliphatic rings. The van der Waals surface area contributed by atoms with Crippen molar-refractivity contribution in [3.8, 4) is 0 Å². The van der Waals surface area contributed by atoms with E-state index < -0.39 is 0 Å². The molecule has 0 saturated carbocycles. The Bertz CT molecular complexity index is 580. The largest absolute Gasteiger partial charge is 0.396 e. The minimum Gasteiger partial charge on any atom is -0.396 e. The van der Waals surface area contributed by atoms with E-state index in [9.17, 15) is 9.90 Å². The van der Waals surface area contributed by atoms with Gasteiger partial charge >= 0.3 is 0 Å². The van der Waals surface area contributed by atoms with Gasteiger partial charge in [-0.25, -0.2) is 0 Å². The highest BCUT2D eigenvalue weighted by molar-refractivity contribution is 5.76. The summed E-state index contributed by atoms with van der Waals surface area (Å²) in [6.07, 6.45) is 3.66. The standard InChI is InChI=1S/C22H35N3O2/c1-23-11-6-12-24(14-13-23)15-20-16-25(17-21(20)18-26)22(27)10-5-9-19-7-3-2-4-8-19/h2-4,7-8,20-21,26H,5-6,9-18H2,1H3/t20-,21-/m1/s1. The average Bonchev–Trinajstić information content (AvgIpc) is 2.98. The van der Waals surface area contributed by atoms with E-state index in [1.54, 1.807) is 0 Å². The molecule has 0 spiro atoms. The number of hydrogen-bond donors (Lipinski definition) is 1. The van der Waals surface area contributed by atoms with Crippen LogP contribution < -0.4 is 0 Å². The van der Waals surface area contributed by atoms with Crippen LogP contribution >= 0.6 is 0 Å². The molecule has 0 aliphatic carbocycles. The lowest BCUT2D eigenvalue weighted by Crippen LogP contribution is -2.36. The number of carbonyl (C=O) groups excluding carboxylic acids is 1. The summed E-state index contributed by atoms with van der Waals surface area (Å²) in [4.78, 5) is 19.6. The van der Waals surface area contributed by atoms with Crippen LogP contribution in [0.3, 0.4) is 0 Å². The summed E-state index contributed by atoms with van der Waals surface area (Å²) < 4.78 is 0. The molecule has 3 rings (SSSR count). The van der Waals surface area contributed by atoms with E-state index in [-0.39, 0.29) is 18.4 Å². The minimum absolute atomic E-state index is 0.187. The van der Waals surface area contributed by atoms with Gasteiger partial charge in [0.2, 0.25) is 5.91 Å². The van der Waals surface area contributed by atoms with Gasteiger partial charge < -0.3 is 19.8 Å². The summed E-state index contributed by atoms with van der Waals surface area (Å²) in [6, 6.07) is 10.4. The van der Waals surface area contributed by atoms with Gasteiger partial charge in [0.05, 0.1) is 0 Å². The first kappa shape index (κ1) is 20.3. The number of aryl methyl sites for hydroxylation is 1. The molecule has 0 aromatic heterocycles. The molecular formula is C22H35N3O2. The van der Waals surface area contributed by atoms with Crippen molar-refractivity contribution in [3.05, 3.63) is 35.9 Å². The number of likely N-dealkylation sites (N-methyl/N-ethyl adjacent to an activating group) is 1. The summed E-state index contributed by atoms with van der Waals surface area (Å²) in [5, 5.41) is 9.82. The summed E-state index contributed by atoms with van der Waals surface area (Å²) in [5.41, 5.74) is 1.30. The van der Waals surface area contributed by atoms with E-state index in [2.05, 4.69) is 41.1 Å². The molecule has 2 heterocycles. The van der Waals surface area contributed by atoms with Crippen molar-refractivity contribution in [3.63, 3.8) is 0 Å². The van der Waals surface area contributed by atoms with Gasteiger partial charge in [-0.05, 0) is 50.9 Å². The first-order chi connectivity index (χ1) is 13.2. The number of hydrogen-bond acceptors (Lipinski definition) is 4. The zero-order valence-electron chi connectivity index (χ0n) is 16.7. The predicted molar refractivity (Wildman–Crippen MR) is 109 cm³/mol. The Kier molecular flexibility index (Phi) is 7.68. The van der Waals surface area contributed by atoms with Crippen molar-refractivity contribution < 1.29 is 9.90 Å². The molecule has 5 nitrogen and oxygen atoms in total. The molecule has 0 radical (unpaired) electrons. The van der Waals surface area contributed by atoms with E-state index in [0.717, 1.165) is 58.7 Å². The van der Waals surface area contributed by atoms with Crippen molar-refractivity contribution in [2.45, 2.75) is 25.7 Å². The third-order valence-corrected chi connectivity index (χ3v) is 6.17. The molecular weight excluding hydrogens is 338 g/mol. The van der Waals surface area contributed by atoms with Crippen LogP contribution in [0.4, 0.5) is 0 Å². The van der Waals surface area contributed by atoms with E-state index >= 15 is 0 Å².